The van der Waals surface area contributed by atoms with Gasteiger partial charge in [0.2, 0.25) is 5.91 Å². The van der Waals surface area contributed by atoms with Crippen LogP contribution in [0.4, 0.5) is 4.79 Å². The maximum atomic E-state index is 13.5. The second-order valence-corrected chi connectivity index (χ2v) is 9.77. The van der Waals surface area contributed by atoms with Crippen LogP contribution in [0.2, 0.25) is 0 Å². The fourth-order valence-electron chi connectivity index (χ4n) is 5.52. The van der Waals surface area contributed by atoms with E-state index in [-0.39, 0.29) is 18.4 Å². The number of amides is 2. The Hall–Kier alpha value is -3.35. The number of carboxylic acids is 1. The van der Waals surface area contributed by atoms with Gasteiger partial charge in [0.05, 0.1) is 0 Å². The van der Waals surface area contributed by atoms with Crippen molar-refractivity contribution in [3.05, 3.63) is 59.7 Å². The number of aliphatic carboxylic acids is 1. The van der Waals surface area contributed by atoms with Crippen LogP contribution in [-0.4, -0.2) is 53.2 Å². The Balaban J connectivity index is 1.47. The van der Waals surface area contributed by atoms with E-state index < -0.39 is 29.6 Å². The zero-order valence-electron chi connectivity index (χ0n) is 20.6. The molecule has 0 spiro atoms. The van der Waals surface area contributed by atoms with Crippen LogP contribution < -0.4 is 5.32 Å². The fourth-order valence-corrected chi connectivity index (χ4v) is 5.52. The zero-order chi connectivity index (χ0) is 25.2. The molecule has 0 heterocycles. The molecule has 186 valence electrons. The maximum absolute atomic E-state index is 13.5. The number of benzene rings is 2. The van der Waals surface area contributed by atoms with Gasteiger partial charge in [-0.3, -0.25) is 4.79 Å². The van der Waals surface area contributed by atoms with E-state index in [9.17, 15) is 19.5 Å². The zero-order valence-corrected chi connectivity index (χ0v) is 20.6. The van der Waals surface area contributed by atoms with Crippen molar-refractivity contribution in [2.75, 3.05) is 13.7 Å². The Labute approximate surface area is 206 Å². The van der Waals surface area contributed by atoms with Gasteiger partial charge in [0, 0.05) is 13.0 Å². The van der Waals surface area contributed by atoms with Crippen molar-refractivity contribution >= 4 is 18.0 Å². The lowest BCUT2D eigenvalue weighted by atomic mass is 9.92. The lowest BCUT2D eigenvalue weighted by molar-refractivity contribution is -0.158. The van der Waals surface area contributed by atoms with E-state index in [1.807, 2.05) is 38.1 Å². The molecular weight excluding hydrogens is 444 g/mol. The molecule has 2 aromatic carbocycles. The summed E-state index contributed by atoms with van der Waals surface area (Å²) >= 11 is 0. The first-order valence-corrected chi connectivity index (χ1v) is 12.4. The molecule has 7 nitrogen and oxygen atoms in total. The Morgan fingerprint density at radius 3 is 2.11 bits per heavy atom. The number of alkyl carbamates (subject to hydrolysis) is 1. The molecule has 0 saturated heterocycles. The number of nitrogens with zero attached hydrogens (tertiary/aromatic N) is 1. The van der Waals surface area contributed by atoms with Gasteiger partial charge in [0.15, 0.2) is 0 Å². The second kappa shape index (κ2) is 10.1. The van der Waals surface area contributed by atoms with Crippen molar-refractivity contribution in [3.8, 4) is 11.1 Å². The number of hydrogen-bond donors (Lipinski definition) is 2. The molecule has 1 fully saturated rings. The summed E-state index contributed by atoms with van der Waals surface area (Å²) in [4.78, 5) is 39.8. The van der Waals surface area contributed by atoms with E-state index in [1.165, 1.54) is 11.9 Å². The molecule has 2 amide bonds. The second-order valence-electron chi connectivity index (χ2n) is 9.77. The first-order valence-electron chi connectivity index (χ1n) is 12.4. The third-order valence-corrected chi connectivity index (χ3v) is 7.90. The number of nitrogens with one attached hydrogen (secondary N) is 1. The summed E-state index contributed by atoms with van der Waals surface area (Å²) < 4.78 is 5.66. The van der Waals surface area contributed by atoms with Crippen molar-refractivity contribution in [1.29, 1.82) is 0 Å². The Kier molecular flexibility index (Phi) is 7.15. The van der Waals surface area contributed by atoms with Gasteiger partial charge in [0.25, 0.3) is 0 Å². The van der Waals surface area contributed by atoms with Crippen molar-refractivity contribution < 1.29 is 24.2 Å². The standard InChI is InChI=1S/C28H34N2O5/c1-4-18(2)24(25(31)30(3)28(26(32)33)15-9-10-16-28)29-27(34)35-17-23-21-13-7-5-11-19(21)20-12-6-8-14-22(20)23/h5-8,11-14,18,23-24H,4,9-10,15-17H2,1-3H3,(H,29,34)(H,32,33)/t18?,24-/m0/s1. The minimum Gasteiger partial charge on any atom is -0.479 e. The van der Waals surface area contributed by atoms with E-state index in [2.05, 4.69) is 29.6 Å². The van der Waals surface area contributed by atoms with Gasteiger partial charge in [-0.05, 0) is 41.0 Å². The van der Waals surface area contributed by atoms with E-state index in [1.54, 1.807) is 0 Å². The summed E-state index contributed by atoms with van der Waals surface area (Å²) in [5, 5.41) is 12.7. The van der Waals surface area contributed by atoms with E-state index in [0.717, 1.165) is 35.1 Å². The normalized spacial score (nSPS) is 17.7. The lowest BCUT2D eigenvalue weighted by Gasteiger charge is -2.38. The number of hydrogen-bond acceptors (Lipinski definition) is 4. The minimum atomic E-state index is -1.22. The molecule has 0 aliphatic heterocycles. The van der Waals surface area contributed by atoms with Gasteiger partial charge >= 0.3 is 12.1 Å². The van der Waals surface area contributed by atoms with Crippen molar-refractivity contribution in [1.82, 2.24) is 10.2 Å². The topological polar surface area (TPSA) is 95.9 Å². The highest BCUT2D eigenvalue weighted by Gasteiger charge is 2.48. The average molecular weight is 479 g/mol. The molecule has 0 radical (unpaired) electrons. The predicted molar refractivity (Wildman–Crippen MR) is 133 cm³/mol. The Bertz CT molecular complexity index is 1060. The average Bonchev–Trinajstić information content (AvgIpc) is 3.49. The SMILES string of the molecule is CCC(C)[C@H](NC(=O)OCC1c2ccccc2-c2ccccc21)C(=O)N(C)C1(C(=O)O)CCCC1. The molecular formula is C28H34N2O5. The molecule has 1 unspecified atom stereocenters. The van der Waals surface area contributed by atoms with E-state index in [0.29, 0.717) is 19.3 Å². The Morgan fingerprint density at radius 2 is 1.60 bits per heavy atom. The molecule has 2 aliphatic rings. The first kappa shape index (κ1) is 24.8. The van der Waals surface area contributed by atoms with E-state index >= 15 is 0 Å². The number of carbonyl (C=O) groups excluding carboxylic acids is 2. The smallest absolute Gasteiger partial charge is 0.407 e. The summed E-state index contributed by atoms with van der Waals surface area (Å²) in [7, 11) is 1.54. The predicted octanol–water partition coefficient (Wildman–Crippen LogP) is 4.80. The third-order valence-electron chi connectivity index (χ3n) is 7.90. The Morgan fingerprint density at radius 1 is 1.06 bits per heavy atom. The molecule has 7 heteroatoms. The van der Waals surface area contributed by atoms with Crippen LogP contribution >= 0.6 is 0 Å². The lowest BCUT2D eigenvalue weighted by Crippen LogP contribution is -2.60. The number of likely N-dealkylation sites (N-methyl/N-ethyl adjacent to an activating group) is 1. The van der Waals surface area contributed by atoms with Gasteiger partial charge in [0.1, 0.15) is 18.2 Å². The molecule has 2 aromatic rings. The summed E-state index contributed by atoms with van der Waals surface area (Å²) in [5.41, 5.74) is 3.29. The summed E-state index contributed by atoms with van der Waals surface area (Å²) in [5.74, 6) is -1.65. The van der Waals surface area contributed by atoms with Gasteiger partial charge in [-0.15, -0.1) is 0 Å². The van der Waals surface area contributed by atoms with Crippen LogP contribution in [-0.2, 0) is 14.3 Å². The molecule has 2 aliphatic carbocycles. The first-order chi connectivity index (χ1) is 16.8. The minimum absolute atomic E-state index is 0.0812. The van der Waals surface area contributed by atoms with Crippen LogP contribution in [0.3, 0.4) is 0 Å². The molecule has 35 heavy (non-hydrogen) atoms. The summed E-state index contributed by atoms with van der Waals surface area (Å²) in [6, 6.07) is 15.3. The highest BCUT2D eigenvalue weighted by molar-refractivity contribution is 5.91. The van der Waals surface area contributed by atoms with Gasteiger partial charge in [-0.2, -0.15) is 0 Å². The van der Waals surface area contributed by atoms with Gasteiger partial charge in [-0.1, -0.05) is 81.6 Å². The van der Waals surface area contributed by atoms with Gasteiger partial charge < -0.3 is 20.1 Å². The van der Waals surface area contributed by atoms with Crippen molar-refractivity contribution in [2.24, 2.45) is 5.92 Å². The fraction of sp³-hybridized carbons (Fsp3) is 0.464. The molecule has 2 N–H and O–H groups in total. The third kappa shape index (κ3) is 4.51. The van der Waals surface area contributed by atoms with Crippen LogP contribution in [0.15, 0.2) is 48.5 Å². The van der Waals surface area contributed by atoms with Crippen molar-refractivity contribution in [3.63, 3.8) is 0 Å². The maximum Gasteiger partial charge on any atom is 0.407 e. The number of carbonyl (C=O) groups is 3. The van der Waals surface area contributed by atoms with Crippen LogP contribution in [0.1, 0.15) is 63.0 Å². The van der Waals surface area contributed by atoms with Gasteiger partial charge in [-0.25, -0.2) is 9.59 Å². The van der Waals surface area contributed by atoms with E-state index in [4.69, 9.17) is 4.74 Å². The molecule has 0 bridgehead atoms. The number of carboxylic acid groups (broad SMARTS) is 1. The largest absolute Gasteiger partial charge is 0.479 e. The number of ether oxygens (including phenoxy) is 1. The highest BCUT2D eigenvalue weighted by atomic mass is 16.5. The van der Waals surface area contributed by atoms with Crippen LogP contribution in [0.25, 0.3) is 11.1 Å². The molecule has 0 aromatic heterocycles. The van der Waals surface area contributed by atoms with Crippen molar-refractivity contribution in [2.45, 2.75) is 63.5 Å². The highest BCUT2D eigenvalue weighted by Crippen LogP contribution is 2.44. The monoisotopic (exact) mass is 478 g/mol. The molecule has 2 atom stereocenters. The quantitative estimate of drug-likeness (QED) is 0.568. The van der Waals surface area contributed by atoms with Crippen LogP contribution in [0.5, 0.6) is 0 Å². The molecule has 1 saturated carbocycles. The summed E-state index contributed by atoms with van der Waals surface area (Å²) in [6.45, 7) is 3.96. The number of fused-ring (bicyclic) bond motifs is 3. The number of rotatable bonds is 8. The molecule has 4 rings (SSSR count). The van der Waals surface area contributed by atoms with Crippen LogP contribution in [0, 0.1) is 5.92 Å². The summed E-state index contributed by atoms with van der Waals surface area (Å²) in [6.07, 6.45) is 2.34.